The molecule has 0 aromatic heterocycles. The topological polar surface area (TPSA) is 32.3 Å². The molecule has 1 unspecified atom stereocenters. The highest BCUT2D eigenvalue weighted by molar-refractivity contribution is 14.1. The Morgan fingerprint density at radius 1 is 1.58 bits per heavy atom. The third kappa shape index (κ3) is 3.66. The smallest absolute Gasteiger partial charge is 0.254 e. The molecule has 1 N–H and O–H groups in total. The van der Waals surface area contributed by atoms with E-state index < -0.39 is 0 Å². The van der Waals surface area contributed by atoms with E-state index in [1.165, 1.54) is 12.1 Å². The number of carbonyl (C=O) groups is 1. The Morgan fingerprint density at radius 2 is 2.37 bits per heavy atom. The maximum Gasteiger partial charge on any atom is 0.254 e. The monoisotopic (exact) mass is 376 g/mol. The van der Waals surface area contributed by atoms with Gasteiger partial charge in [0.25, 0.3) is 5.91 Å². The number of amides is 1. The van der Waals surface area contributed by atoms with Gasteiger partial charge < -0.3 is 10.2 Å². The Balaban J connectivity index is 2.10. The van der Waals surface area contributed by atoms with Crippen LogP contribution in [-0.4, -0.2) is 37.5 Å². The molecule has 1 aromatic carbocycles. The lowest BCUT2D eigenvalue weighted by molar-refractivity contribution is 0.0673. The lowest BCUT2D eigenvalue weighted by atomic mass is 9.97. The molecule has 0 saturated carbocycles. The van der Waals surface area contributed by atoms with Crippen molar-refractivity contribution >= 4 is 28.5 Å². The van der Waals surface area contributed by atoms with E-state index in [-0.39, 0.29) is 11.7 Å². The van der Waals surface area contributed by atoms with Crippen LogP contribution in [0.2, 0.25) is 0 Å². The van der Waals surface area contributed by atoms with Gasteiger partial charge in [0.1, 0.15) is 5.82 Å². The highest BCUT2D eigenvalue weighted by Crippen LogP contribution is 2.21. The second-order valence-electron chi connectivity index (χ2n) is 4.94. The van der Waals surface area contributed by atoms with E-state index in [9.17, 15) is 9.18 Å². The average molecular weight is 376 g/mol. The van der Waals surface area contributed by atoms with Crippen LogP contribution in [0.5, 0.6) is 0 Å². The van der Waals surface area contributed by atoms with Crippen molar-refractivity contribution in [3.8, 4) is 0 Å². The largest absolute Gasteiger partial charge is 0.338 e. The van der Waals surface area contributed by atoms with E-state index in [0.717, 1.165) is 32.5 Å². The van der Waals surface area contributed by atoms with Crippen molar-refractivity contribution in [1.82, 2.24) is 10.2 Å². The average Bonchev–Trinajstić information content (AvgIpc) is 2.39. The van der Waals surface area contributed by atoms with E-state index in [0.29, 0.717) is 15.1 Å². The maximum absolute atomic E-state index is 13.1. The first-order valence-electron chi connectivity index (χ1n) is 6.50. The summed E-state index contributed by atoms with van der Waals surface area (Å²) in [5, 5.41) is 3.17. The number of hydrogen-bond donors (Lipinski definition) is 1. The molecule has 1 amide bonds. The van der Waals surface area contributed by atoms with Gasteiger partial charge in [0, 0.05) is 16.7 Å². The van der Waals surface area contributed by atoms with Crippen LogP contribution in [0.4, 0.5) is 4.39 Å². The lowest BCUT2D eigenvalue weighted by Gasteiger charge is -2.33. The first kappa shape index (κ1) is 14.7. The Bertz CT molecular complexity index is 465. The van der Waals surface area contributed by atoms with Crippen LogP contribution < -0.4 is 5.32 Å². The molecule has 1 saturated heterocycles. The normalized spacial score (nSPS) is 19.5. The summed E-state index contributed by atoms with van der Waals surface area (Å²) >= 11 is 2.02. The molecule has 1 aliphatic heterocycles. The number of rotatable bonds is 3. The van der Waals surface area contributed by atoms with Gasteiger partial charge in [-0.1, -0.05) is 0 Å². The van der Waals surface area contributed by atoms with Gasteiger partial charge in [0.2, 0.25) is 0 Å². The molecule has 1 aliphatic rings. The molecule has 0 aliphatic carbocycles. The summed E-state index contributed by atoms with van der Waals surface area (Å²) in [5.74, 6) is 0.235. The number of halogens is 2. The van der Waals surface area contributed by atoms with Crippen molar-refractivity contribution in [2.24, 2.45) is 5.92 Å². The van der Waals surface area contributed by atoms with Crippen molar-refractivity contribution < 1.29 is 9.18 Å². The van der Waals surface area contributed by atoms with E-state index in [4.69, 9.17) is 0 Å². The first-order chi connectivity index (χ1) is 9.11. The van der Waals surface area contributed by atoms with Crippen molar-refractivity contribution in [3.05, 3.63) is 33.1 Å². The number of likely N-dealkylation sites (tertiary alicyclic amines) is 1. The number of piperidine rings is 1. The second-order valence-corrected chi connectivity index (χ2v) is 6.10. The molecule has 104 valence electrons. The first-order valence-corrected chi connectivity index (χ1v) is 7.58. The molecule has 1 aromatic rings. The maximum atomic E-state index is 13.1. The predicted octanol–water partition coefficient (Wildman–Crippen LogP) is 2.50. The quantitative estimate of drug-likeness (QED) is 0.823. The van der Waals surface area contributed by atoms with Crippen LogP contribution in [-0.2, 0) is 0 Å². The third-order valence-electron chi connectivity index (χ3n) is 3.46. The molecule has 1 fully saturated rings. The predicted molar refractivity (Wildman–Crippen MR) is 81.7 cm³/mol. The summed E-state index contributed by atoms with van der Waals surface area (Å²) in [4.78, 5) is 14.3. The van der Waals surface area contributed by atoms with E-state index >= 15 is 0 Å². The zero-order chi connectivity index (χ0) is 13.8. The third-order valence-corrected chi connectivity index (χ3v) is 4.35. The number of nitrogens with one attached hydrogen (secondary N) is 1. The minimum Gasteiger partial charge on any atom is -0.338 e. The highest BCUT2D eigenvalue weighted by atomic mass is 127. The summed E-state index contributed by atoms with van der Waals surface area (Å²) in [6.45, 7) is 2.52. The lowest BCUT2D eigenvalue weighted by Crippen LogP contribution is -2.42. The number of carbonyl (C=O) groups excluding carboxylic acids is 1. The minimum atomic E-state index is -0.298. The minimum absolute atomic E-state index is 0.0187. The van der Waals surface area contributed by atoms with E-state index in [2.05, 4.69) is 5.32 Å². The van der Waals surface area contributed by atoms with Gasteiger partial charge in [0.05, 0.1) is 5.56 Å². The summed E-state index contributed by atoms with van der Waals surface area (Å²) in [6.07, 6.45) is 2.20. The van der Waals surface area contributed by atoms with Crippen LogP contribution in [0.3, 0.4) is 0 Å². The van der Waals surface area contributed by atoms with Gasteiger partial charge in [-0.3, -0.25) is 4.79 Å². The van der Waals surface area contributed by atoms with Crippen molar-refractivity contribution in [2.75, 3.05) is 26.7 Å². The molecule has 0 bridgehead atoms. The summed E-state index contributed by atoms with van der Waals surface area (Å²) < 4.78 is 13.8. The van der Waals surface area contributed by atoms with Crippen LogP contribution in [0.1, 0.15) is 23.2 Å². The summed E-state index contributed by atoms with van der Waals surface area (Å²) in [5.41, 5.74) is 0.604. The fraction of sp³-hybridized carbons (Fsp3) is 0.500. The molecule has 1 heterocycles. The van der Waals surface area contributed by atoms with E-state index in [1.807, 2.05) is 34.5 Å². The highest BCUT2D eigenvalue weighted by Gasteiger charge is 2.25. The number of benzene rings is 1. The molecule has 3 nitrogen and oxygen atoms in total. The Hall–Kier alpha value is -0.690. The molecule has 2 rings (SSSR count). The number of hydrogen-bond acceptors (Lipinski definition) is 2. The zero-order valence-corrected chi connectivity index (χ0v) is 13.1. The van der Waals surface area contributed by atoms with E-state index in [1.54, 1.807) is 6.07 Å². The van der Waals surface area contributed by atoms with Gasteiger partial charge in [-0.05, 0) is 73.1 Å². The van der Waals surface area contributed by atoms with Crippen LogP contribution in [0, 0.1) is 15.3 Å². The Kier molecular flexibility index (Phi) is 5.15. The van der Waals surface area contributed by atoms with Gasteiger partial charge >= 0.3 is 0 Å². The van der Waals surface area contributed by atoms with Crippen LogP contribution >= 0.6 is 22.6 Å². The van der Waals surface area contributed by atoms with Gasteiger partial charge in [-0.15, -0.1) is 0 Å². The molecular formula is C14H18FIN2O. The van der Waals surface area contributed by atoms with Gasteiger partial charge in [-0.25, -0.2) is 4.39 Å². The van der Waals surface area contributed by atoms with Crippen molar-refractivity contribution in [3.63, 3.8) is 0 Å². The molecule has 5 heteroatoms. The van der Waals surface area contributed by atoms with Crippen molar-refractivity contribution in [2.45, 2.75) is 12.8 Å². The standard InChI is InChI=1S/C14H18FIN2O/c1-17-8-10-3-2-6-18(9-10)14(19)12-5-4-11(15)7-13(12)16/h4-5,7,10,17H,2-3,6,8-9H2,1H3. The Morgan fingerprint density at radius 3 is 3.05 bits per heavy atom. The van der Waals surface area contributed by atoms with Crippen LogP contribution in [0.25, 0.3) is 0 Å². The molecule has 0 spiro atoms. The molecular weight excluding hydrogens is 358 g/mol. The SMILES string of the molecule is CNCC1CCCN(C(=O)c2ccc(F)cc2I)C1. The van der Waals surface area contributed by atoms with Crippen LogP contribution in [0.15, 0.2) is 18.2 Å². The number of nitrogens with zero attached hydrogens (tertiary/aromatic N) is 1. The molecule has 19 heavy (non-hydrogen) atoms. The molecule has 1 atom stereocenters. The van der Waals surface area contributed by atoms with Crippen molar-refractivity contribution in [1.29, 1.82) is 0 Å². The zero-order valence-electron chi connectivity index (χ0n) is 11.0. The van der Waals surface area contributed by atoms with Gasteiger partial charge in [0.15, 0.2) is 0 Å². The van der Waals surface area contributed by atoms with Gasteiger partial charge in [-0.2, -0.15) is 0 Å². The summed E-state index contributed by atoms with van der Waals surface area (Å²) in [6, 6.07) is 4.34. The fourth-order valence-electron chi connectivity index (χ4n) is 2.54. The molecule has 0 radical (unpaired) electrons. The fourth-order valence-corrected chi connectivity index (χ4v) is 3.25. The Labute approximate surface area is 126 Å². The summed E-state index contributed by atoms with van der Waals surface area (Å²) in [7, 11) is 1.93. The second kappa shape index (κ2) is 6.65.